The summed E-state index contributed by atoms with van der Waals surface area (Å²) < 4.78 is 46.4. The van der Waals surface area contributed by atoms with E-state index < -0.39 is 125 Å². The number of carbonyl (C=O) groups is 3. The van der Waals surface area contributed by atoms with Crippen LogP contribution in [0.25, 0.3) is 10.9 Å². The molecule has 6 N–H and O–H groups in total. The maximum Gasteiger partial charge on any atom is 0.341 e. The van der Waals surface area contributed by atoms with Crippen LogP contribution in [0.1, 0.15) is 136 Å². The van der Waals surface area contributed by atoms with E-state index in [2.05, 4.69) is 16.6 Å². The molecule has 0 radical (unpaired) electrons. The van der Waals surface area contributed by atoms with Crippen LogP contribution in [0.2, 0.25) is 0 Å². The number of ether oxygens (including phenoxy) is 7. The van der Waals surface area contributed by atoms with Crippen molar-refractivity contribution >= 4 is 28.8 Å². The van der Waals surface area contributed by atoms with Gasteiger partial charge in [0.15, 0.2) is 18.7 Å². The first-order valence-corrected chi connectivity index (χ1v) is 27.6. The van der Waals surface area contributed by atoms with Gasteiger partial charge in [0, 0.05) is 56.1 Å². The molecule has 3 fully saturated rings. The molecule has 0 bridgehead atoms. The first-order chi connectivity index (χ1) is 36.1. The number of nitrogens with one attached hydrogen (secondary N) is 1. The second-order valence-electron chi connectivity index (χ2n) is 23.5. The number of likely N-dealkylation sites (N-methyl/N-ethyl adjacent to an activating group) is 1. The summed E-state index contributed by atoms with van der Waals surface area (Å²) in [6.45, 7) is 18.0. The quantitative estimate of drug-likeness (QED) is 0.0724. The maximum absolute atomic E-state index is 14.5. The summed E-state index contributed by atoms with van der Waals surface area (Å²) in [6, 6.07) is 2.38. The molecule has 0 spiro atoms. The van der Waals surface area contributed by atoms with Crippen LogP contribution < -0.4 is 10.7 Å². The zero-order valence-electron chi connectivity index (χ0n) is 47.4. The summed E-state index contributed by atoms with van der Waals surface area (Å²) >= 11 is 0. The van der Waals surface area contributed by atoms with Gasteiger partial charge < -0.3 is 73.5 Å². The minimum Gasteiger partial charge on any atom is -0.477 e. The summed E-state index contributed by atoms with van der Waals surface area (Å²) in [6.07, 6.45) is -5.97. The molecule has 21 heteroatoms. The number of nitroso groups, excluding NO2 is 1. The second kappa shape index (κ2) is 25.6. The third-order valence-electron chi connectivity index (χ3n) is 17.1. The number of hydrogen-bond acceptors (Lipinski definition) is 19. The lowest BCUT2D eigenvalue weighted by atomic mass is 9.72. The number of esters is 2. The minimum absolute atomic E-state index is 0.00542. The van der Waals surface area contributed by atoms with Crippen LogP contribution in [0.15, 0.2) is 28.3 Å². The number of cyclic esters (lactones) is 1. The number of methoxy groups -OCH3 is 1. The Kier molecular flexibility index (Phi) is 20.7. The summed E-state index contributed by atoms with van der Waals surface area (Å²) in [5.41, 5.74) is -3.03. The summed E-state index contributed by atoms with van der Waals surface area (Å²) in [7, 11) is 5.16. The molecule has 19 atom stereocenters. The first kappa shape index (κ1) is 62.2. The molecule has 2 aromatic rings. The first-order valence-electron chi connectivity index (χ1n) is 27.6. The lowest BCUT2D eigenvalue weighted by molar-refractivity contribution is -0.319. The lowest BCUT2D eigenvalue weighted by Gasteiger charge is -2.49. The summed E-state index contributed by atoms with van der Waals surface area (Å²) in [5, 5.41) is 64.8. The highest BCUT2D eigenvalue weighted by Crippen LogP contribution is 2.42. The van der Waals surface area contributed by atoms with Crippen molar-refractivity contribution in [1.29, 1.82) is 0 Å². The molecule has 5 heterocycles. The predicted octanol–water partition coefficient (Wildman–Crippen LogP) is 4.47. The molecule has 0 aliphatic carbocycles. The Bertz CT molecular complexity index is 2430. The van der Waals surface area contributed by atoms with Crippen molar-refractivity contribution in [3.63, 3.8) is 0 Å². The number of rotatable bonds is 17. The fourth-order valence-corrected chi connectivity index (χ4v) is 12.7. The number of pyridine rings is 1. The number of nitrogens with zero attached hydrogens (tertiary/aromatic N) is 3. The average molecular weight is 1090 g/mol. The van der Waals surface area contributed by atoms with Gasteiger partial charge in [-0.05, 0) is 130 Å². The highest BCUT2D eigenvalue weighted by atomic mass is 16.7. The van der Waals surface area contributed by atoms with E-state index in [0.29, 0.717) is 44.3 Å². The van der Waals surface area contributed by atoms with Crippen LogP contribution in [0.5, 0.6) is 0 Å². The molecule has 0 amide bonds. The molecule has 77 heavy (non-hydrogen) atoms. The van der Waals surface area contributed by atoms with Crippen LogP contribution in [0, 0.1) is 28.6 Å². The predicted molar refractivity (Wildman–Crippen MR) is 284 cm³/mol. The number of carboxylic acid groups (broad SMARTS) is 1. The number of aliphatic hydroxyl groups is 4. The molecule has 1 unspecified atom stereocenters. The topological polar surface area (TPSA) is 284 Å². The molecule has 0 saturated carbocycles. The Balaban J connectivity index is 1.18. The van der Waals surface area contributed by atoms with Crippen molar-refractivity contribution in [2.24, 2.45) is 28.8 Å². The molecule has 4 aliphatic rings. The molecular weight excluding hydrogens is 1000 g/mol. The van der Waals surface area contributed by atoms with Crippen molar-refractivity contribution in [2.45, 2.75) is 224 Å². The number of benzene rings is 1. The molecule has 1 aromatic carbocycles. The van der Waals surface area contributed by atoms with Gasteiger partial charge in [0.2, 0.25) is 5.43 Å². The van der Waals surface area contributed by atoms with Crippen molar-refractivity contribution in [1.82, 2.24) is 14.8 Å². The van der Waals surface area contributed by atoms with Gasteiger partial charge in [-0.2, -0.15) is 4.91 Å². The summed E-state index contributed by atoms with van der Waals surface area (Å²) in [5.74, 6) is -6.29. The van der Waals surface area contributed by atoms with Gasteiger partial charge in [-0.15, -0.1) is 0 Å². The van der Waals surface area contributed by atoms with Crippen LogP contribution in [-0.2, 0) is 62.1 Å². The van der Waals surface area contributed by atoms with E-state index in [1.807, 2.05) is 30.5 Å². The second-order valence-corrected chi connectivity index (χ2v) is 23.5. The Morgan fingerprint density at radius 1 is 0.961 bits per heavy atom. The van der Waals surface area contributed by atoms with Crippen molar-refractivity contribution in [2.75, 3.05) is 34.3 Å². The Labute approximate surface area is 452 Å². The smallest absolute Gasteiger partial charge is 0.341 e. The SMILES string of the molecule is CC[C@@H]1OC(=O)[C@H](C)[C@H](O[C@@H]2C[C@](C)(OC)[C@H](OC(=O)CCNCCCc3cc4c5c(c3)c(=O)c(C(=O)O)cn5CCC4)[C@H](C)O2)[C@@H](C)[C@H](O[C@@H]2O[C@H](C)C[C@H](N(C)C)[C@@H]2O)[C@](C)(O)C[C@H](C)C(N=O)[C@H](C)[C@H](O)[C@@]1(C)O. The van der Waals surface area contributed by atoms with Gasteiger partial charge in [-0.25, -0.2) is 4.79 Å². The van der Waals surface area contributed by atoms with Crippen molar-refractivity contribution < 1.29 is 73.1 Å². The summed E-state index contributed by atoms with van der Waals surface area (Å²) in [4.78, 5) is 67.5. The van der Waals surface area contributed by atoms with Crippen LogP contribution in [0.4, 0.5) is 0 Å². The molecule has 21 nitrogen and oxygen atoms in total. The zero-order valence-corrected chi connectivity index (χ0v) is 47.4. The van der Waals surface area contributed by atoms with Gasteiger partial charge in [0.05, 0.1) is 60.0 Å². The standard InChI is InChI=1S/C56H88N4O17/c1-14-40-56(10,69)48(64)31(4)43(58-70)29(2)26-54(8,68)49(77-53-46(63)39(59(11)12)23-30(3)72-53)32(5)47(33(6)52(67)74-40)76-42-27-55(9,71-13)50(34(7)73-42)75-41(61)19-21-57-20-15-17-35-24-36-18-16-22-60-28-38(51(65)66)45(62)37(25-35)44(36)60/h24-25,28-34,39-40,42-43,46-50,53,57,63-64,68-69H,14-23,26-27H2,1-13H3,(H,65,66)/t29-,30+,31-,32+,33+,34-,39-,40-,42+,43?,46-,47+,48-,49-,50+,53-,54+,55-,56-/m0/s1. The zero-order chi connectivity index (χ0) is 57.1. The maximum atomic E-state index is 14.5. The number of aryl methyl sites for hydroxylation is 3. The fraction of sp³-hybridized carbons (Fsp3) is 0.786. The minimum atomic E-state index is -2.04. The molecular formula is C56H88N4O17. The van der Waals surface area contributed by atoms with Crippen molar-refractivity contribution in [3.05, 3.63) is 50.2 Å². The third-order valence-corrected chi connectivity index (χ3v) is 17.1. The van der Waals surface area contributed by atoms with Crippen LogP contribution in [-0.4, -0.2) is 178 Å². The van der Waals surface area contributed by atoms with E-state index in [9.17, 15) is 49.6 Å². The monoisotopic (exact) mass is 1090 g/mol. The van der Waals surface area contributed by atoms with Gasteiger partial charge >= 0.3 is 17.9 Å². The highest BCUT2D eigenvalue weighted by Gasteiger charge is 2.55. The molecule has 4 aliphatic heterocycles. The van der Waals surface area contributed by atoms with Gasteiger partial charge in [-0.3, -0.25) is 14.4 Å². The fourth-order valence-electron chi connectivity index (χ4n) is 12.7. The number of hydrogen-bond donors (Lipinski definition) is 6. The number of aliphatic hydroxyl groups excluding tert-OH is 2. The molecule has 3 saturated heterocycles. The largest absolute Gasteiger partial charge is 0.477 e. The number of aromatic carboxylic acids is 1. The average Bonchev–Trinajstić information content (AvgIpc) is 3.40. The van der Waals surface area contributed by atoms with E-state index in [-0.39, 0.29) is 43.4 Å². The molecule has 1 aromatic heterocycles. The van der Waals surface area contributed by atoms with E-state index in [0.717, 1.165) is 29.5 Å². The Hall–Kier alpha value is -4.00. The van der Waals surface area contributed by atoms with Gasteiger partial charge in [0.25, 0.3) is 0 Å². The Morgan fingerprint density at radius 2 is 1.66 bits per heavy atom. The van der Waals surface area contributed by atoms with Gasteiger partial charge in [-0.1, -0.05) is 38.9 Å². The van der Waals surface area contributed by atoms with E-state index in [1.165, 1.54) is 27.2 Å². The third kappa shape index (κ3) is 13.8. The van der Waals surface area contributed by atoms with Crippen LogP contribution >= 0.6 is 0 Å². The van der Waals surface area contributed by atoms with E-state index in [4.69, 9.17) is 33.2 Å². The van der Waals surface area contributed by atoms with Crippen LogP contribution in [0.3, 0.4) is 0 Å². The van der Waals surface area contributed by atoms with Crippen molar-refractivity contribution in [3.8, 4) is 0 Å². The van der Waals surface area contributed by atoms with Gasteiger partial charge in [0.1, 0.15) is 29.0 Å². The van der Waals surface area contributed by atoms with E-state index >= 15 is 0 Å². The number of aromatic nitrogens is 1. The molecule has 6 rings (SSSR count). The number of carbonyl (C=O) groups excluding carboxylic acids is 2. The highest BCUT2D eigenvalue weighted by molar-refractivity contribution is 5.94. The lowest BCUT2D eigenvalue weighted by Crippen LogP contribution is -2.61. The normalized spacial score (nSPS) is 38.4. The molecule has 434 valence electrons. The van der Waals surface area contributed by atoms with E-state index in [1.54, 1.807) is 54.5 Å². The Morgan fingerprint density at radius 3 is 2.30 bits per heavy atom. The number of carboxylic acids is 1.